The van der Waals surface area contributed by atoms with Crippen molar-refractivity contribution in [3.05, 3.63) is 0 Å². The molecule has 0 aromatic carbocycles. The normalized spacial score (nSPS) is 31.4. The molecule has 0 aromatic heterocycles. The van der Waals surface area contributed by atoms with Crippen LogP contribution < -0.4 is 10.6 Å². The van der Waals surface area contributed by atoms with Gasteiger partial charge in [0.05, 0.1) is 12.7 Å². The summed E-state index contributed by atoms with van der Waals surface area (Å²) in [5, 5.41) is 7.07. The lowest BCUT2D eigenvalue weighted by Crippen LogP contribution is -2.51. The second-order valence-electron chi connectivity index (χ2n) is 5.20. The summed E-state index contributed by atoms with van der Waals surface area (Å²) in [5.41, 5.74) is 0.374. The summed E-state index contributed by atoms with van der Waals surface area (Å²) in [5.74, 6) is 0. The molecule has 1 saturated carbocycles. The fourth-order valence-electron chi connectivity index (χ4n) is 2.62. The summed E-state index contributed by atoms with van der Waals surface area (Å²) in [7, 11) is 0. The predicted molar refractivity (Wildman–Crippen MR) is 62.1 cm³/mol. The van der Waals surface area contributed by atoms with E-state index in [1.807, 2.05) is 0 Å². The zero-order valence-electron chi connectivity index (χ0n) is 9.85. The maximum atomic E-state index is 5.69. The van der Waals surface area contributed by atoms with E-state index < -0.39 is 0 Å². The second-order valence-corrected chi connectivity index (χ2v) is 5.20. The van der Waals surface area contributed by atoms with Crippen LogP contribution in [0.3, 0.4) is 0 Å². The standard InChI is InChI=1S/C12H24N2O/c1-12(5-3-2-4-6-12)14-10-11-9-13-7-8-15-11/h11,13-14H,2-10H2,1H3. The van der Waals surface area contributed by atoms with Gasteiger partial charge in [-0.05, 0) is 19.8 Å². The molecule has 2 aliphatic rings. The molecule has 2 N–H and O–H groups in total. The summed E-state index contributed by atoms with van der Waals surface area (Å²) >= 11 is 0. The Morgan fingerprint density at radius 2 is 2.13 bits per heavy atom. The molecule has 88 valence electrons. The first-order valence-corrected chi connectivity index (χ1v) is 6.36. The number of hydrogen-bond donors (Lipinski definition) is 2. The van der Waals surface area contributed by atoms with E-state index in [2.05, 4.69) is 17.6 Å². The fraction of sp³-hybridized carbons (Fsp3) is 1.00. The van der Waals surface area contributed by atoms with Crippen molar-refractivity contribution in [3.8, 4) is 0 Å². The zero-order valence-corrected chi connectivity index (χ0v) is 9.85. The molecule has 0 bridgehead atoms. The third kappa shape index (κ3) is 3.44. The van der Waals surface area contributed by atoms with Crippen LogP contribution in [0.5, 0.6) is 0 Å². The molecular weight excluding hydrogens is 188 g/mol. The van der Waals surface area contributed by atoms with Gasteiger partial charge in [-0.1, -0.05) is 19.3 Å². The van der Waals surface area contributed by atoms with Crippen LogP contribution in [-0.2, 0) is 4.74 Å². The maximum Gasteiger partial charge on any atom is 0.0824 e. The van der Waals surface area contributed by atoms with Crippen LogP contribution in [-0.4, -0.2) is 37.9 Å². The lowest BCUT2D eigenvalue weighted by molar-refractivity contribution is 0.0227. The molecule has 1 atom stereocenters. The highest BCUT2D eigenvalue weighted by molar-refractivity contribution is 4.87. The molecule has 1 heterocycles. The van der Waals surface area contributed by atoms with Crippen LogP contribution in [0.1, 0.15) is 39.0 Å². The zero-order chi connectivity index (χ0) is 10.6. The van der Waals surface area contributed by atoms with Crippen LogP contribution >= 0.6 is 0 Å². The van der Waals surface area contributed by atoms with Crippen LogP contribution in [0.25, 0.3) is 0 Å². The van der Waals surface area contributed by atoms with E-state index >= 15 is 0 Å². The Labute approximate surface area is 93.0 Å². The molecule has 1 saturated heterocycles. The van der Waals surface area contributed by atoms with Crippen LogP contribution in [0.15, 0.2) is 0 Å². The van der Waals surface area contributed by atoms with Crippen LogP contribution in [0, 0.1) is 0 Å². The Hall–Kier alpha value is -0.120. The molecule has 2 rings (SSSR count). The Morgan fingerprint density at radius 3 is 2.80 bits per heavy atom. The van der Waals surface area contributed by atoms with E-state index in [0.717, 1.165) is 26.2 Å². The maximum absolute atomic E-state index is 5.69. The molecule has 1 aliphatic heterocycles. The highest BCUT2D eigenvalue weighted by atomic mass is 16.5. The predicted octanol–water partition coefficient (Wildman–Crippen LogP) is 1.29. The molecule has 1 aliphatic carbocycles. The molecule has 15 heavy (non-hydrogen) atoms. The van der Waals surface area contributed by atoms with Gasteiger partial charge < -0.3 is 15.4 Å². The van der Waals surface area contributed by atoms with E-state index in [0.29, 0.717) is 11.6 Å². The highest BCUT2D eigenvalue weighted by Gasteiger charge is 2.27. The lowest BCUT2D eigenvalue weighted by atomic mass is 9.83. The molecule has 3 nitrogen and oxygen atoms in total. The van der Waals surface area contributed by atoms with Crippen molar-refractivity contribution in [2.45, 2.75) is 50.7 Å². The third-order valence-electron chi connectivity index (χ3n) is 3.72. The number of nitrogens with one attached hydrogen (secondary N) is 2. The summed E-state index contributed by atoms with van der Waals surface area (Å²) in [4.78, 5) is 0. The molecule has 3 heteroatoms. The summed E-state index contributed by atoms with van der Waals surface area (Å²) in [6.45, 7) is 6.24. The van der Waals surface area contributed by atoms with Gasteiger partial charge in [0, 0.05) is 25.2 Å². The third-order valence-corrected chi connectivity index (χ3v) is 3.72. The second kappa shape index (κ2) is 5.28. The monoisotopic (exact) mass is 212 g/mol. The van der Waals surface area contributed by atoms with Crippen molar-refractivity contribution in [2.24, 2.45) is 0 Å². The average molecular weight is 212 g/mol. The summed E-state index contributed by atoms with van der Waals surface area (Å²) < 4.78 is 5.69. The van der Waals surface area contributed by atoms with Gasteiger partial charge in [0.2, 0.25) is 0 Å². The minimum Gasteiger partial charge on any atom is -0.374 e. The quantitative estimate of drug-likeness (QED) is 0.739. The number of rotatable bonds is 3. The van der Waals surface area contributed by atoms with Gasteiger partial charge in [-0.15, -0.1) is 0 Å². The molecule has 0 amide bonds. The van der Waals surface area contributed by atoms with E-state index in [1.54, 1.807) is 0 Å². The molecule has 2 fully saturated rings. The highest BCUT2D eigenvalue weighted by Crippen LogP contribution is 2.27. The molecule has 1 unspecified atom stereocenters. The van der Waals surface area contributed by atoms with Crippen molar-refractivity contribution < 1.29 is 4.74 Å². The van der Waals surface area contributed by atoms with Crippen molar-refractivity contribution in [1.82, 2.24) is 10.6 Å². The first-order valence-electron chi connectivity index (χ1n) is 6.36. The van der Waals surface area contributed by atoms with Crippen LogP contribution in [0.4, 0.5) is 0 Å². The van der Waals surface area contributed by atoms with Gasteiger partial charge in [0.25, 0.3) is 0 Å². The van der Waals surface area contributed by atoms with Gasteiger partial charge in [0.15, 0.2) is 0 Å². The van der Waals surface area contributed by atoms with Gasteiger partial charge in [-0.2, -0.15) is 0 Å². The van der Waals surface area contributed by atoms with Gasteiger partial charge in [-0.25, -0.2) is 0 Å². The Kier molecular flexibility index (Phi) is 4.00. The first kappa shape index (κ1) is 11.4. The summed E-state index contributed by atoms with van der Waals surface area (Å²) in [6.07, 6.45) is 7.21. The Bertz CT molecular complexity index is 184. The smallest absolute Gasteiger partial charge is 0.0824 e. The average Bonchev–Trinajstić information content (AvgIpc) is 2.29. The molecule has 0 radical (unpaired) electrons. The van der Waals surface area contributed by atoms with E-state index in [4.69, 9.17) is 4.74 Å². The Morgan fingerprint density at radius 1 is 1.33 bits per heavy atom. The van der Waals surface area contributed by atoms with Crippen molar-refractivity contribution in [3.63, 3.8) is 0 Å². The van der Waals surface area contributed by atoms with Crippen molar-refractivity contribution >= 4 is 0 Å². The minimum absolute atomic E-state index is 0.373. The summed E-state index contributed by atoms with van der Waals surface area (Å²) in [6, 6.07) is 0. The van der Waals surface area contributed by atoms with E-state index in [-0.39, 0.29) is 0 Å². The Balaban J connectivity index is 1.70. The van der Waals surface area contributed by atoms with Crippen molar-refractivity contribution in [1.29, 1.82) is 0 Å². The van der Waals surface area contributed by atoms with Gasteiger partial charge >= 0.3 is 0 Å². The molecule has 0 spiro atoms. The van der Waals surface area contributed by atoms with Gasteiger partial charge in [-0.3, -0.25) is 0 Å². The van der Waals surface area contributed by atoms with Crippen LogP contribution in [0.2, 0.25) is 0 Å². The number of ether oxygens (including phenoxy) is 1. The van der Waals surface area contributed by atoms with E-state index in [9.17, 15) is 0 Å². The SMILES string of the molecule is CC1(NCC2CNCCO2)CCCCC1. The largest absolute Gasteiger partial charge is 0.374 e. The number of hydrogen-bond acceptors (Lipinski definition) is 3. The fourth-order valence-corrected chi connectivity index (χ4v) is 2.62. The van der Waals surface area contributed by atoms with Crippen molar-refractivity contribution in [2.75, 3.05) is 26.2 Å². The number of morpholine rings is 1. The van der Waals surface area contributed by atoms with E-state index in [1.165, 1.54) is 32.1 Å². The molecule has 0 aromatic rings. The van der Waals surface area contributed by atoms with Gasteiger partial charge in [0.1, 0.15) is 0 Å². The molecular formula is C12H24N2O. The topological polar surface area (TPSA) is 33.3 Å². The lowest BCUT2D eigenvalue weighted by Gasteiger charge is -2.36. The first-order chi connectivity index (χ1) is 7.29. The minimum atomic E-state index is 0.373.